The number of carbonyl (C=O) groups excluding carboxylic acids is 3. The van der Waals surface area contributed by atoms with Gasteiger partial charge in [0.2, 0.25) is 5.91 Å². The standard InChI is InChI=1S/C22H18FN3O4S/c1-13(27)26-12-18(30-17-5-3-2-4-16(17)26)21(28)24-25-22(29)20-11-10-19(31-20)14-6-8-15(23)9-7-14/h2-11,18H,12H2,1H3,(H,24,28)(H,25,29). The van der Waals surface area contributed by atoms with Gasteiger partial charge in [0.25, 0.3) is 11.8 Å². The van der Waals surface area contributed by atoms with Gasteiger partial charge in [-0.25, -0.2) is 4.39 Å². The van der Waals surface area contributed by atoms with E-state index >= 15 is 0 Å². The van der Waals surface area contributed by atoms with Crippen molar-refractivity contribution in [3.8, 4) is 16.2 Å². The van der Waals surface area contributed by atoms with Crippen molar-refractivity contribution < 1.29 is 23.5 Å². The number of halogens is 1. The van der Waals surface area contributed by atoms with Crippen LogP contribution < -0.4 is 20.5 Å². The van der Waals surface area contributed by atoms with E-state index in [-0.39, 0.29) is 18.3 Å². The molecule has 31 heavy (non-hydrogen) atoms. The Morgan fingerprint density at radius 2 is 1.77 bits per heavy atom. The van der Waals surface area contributed by atoms with Gasteiger partial charge in [-0.3, -0.25) is 25.2 Å². The van der Waals surface area contributed by atoms with Gasteiger partial charge in [0, 0.05) is 11.8 Å². The molecule has 2 N–H and O–H groups in total. The van der Waals surface area contributed by atoms with Crippen LogP contribution in [-0.4, -0.2) is 30.4 Å². The molecule has 1 aliphatic heterocycles. The summed E-state index contributed by atoms with van der Waals surface area (Å²) in [7, 11) is 0. The number of nitrogens with zero attached hydrogens (tertiary/aromatic N) is 1. The fourth-order valence-corrected chi connectivity index (χ4v) is 4.07. The normalized spacial score (nSPS) is 14.9. The molecule has 0 saturated carbocycles. The third kappa shape index (κ3) is 4.41. The summed E-state index contributed by atoms with van der Waals surface area (Å²) in [6.07, 6.45) is -0.975. The number of carbonyl (C=O) groups is 3. The van der Waals surface area contributed by atoms with Crippen molar-refractivity contribution in [1.29, 1.82) is 0 Å². The minimum absolute atomic E-state index is 0.0295. The van der Waals surface area contributed by atoms with E-state index in [1.54, 1.807) is 48.5 Å². The summed E-state index contributed by atoms with van der Waals surface area (Å²) in [5, 5.41) is 0. The van der Waals surface area contributed by atoms with Gasteiger partial charge in [0.05, 0.1) is 17.1 Å². The number of amides is 3. The van der Waals surface area contributed by atoms with Gasteiger partial charge in [-0.05, 0) is 42.0 Å². The van der Waals surface area contributed by atoms with Gasteiger partial charge in [0.15, 0.2) is 6.10 Å². The Hall–Kier alpha value is -3.72. The minimum atomic E-state index is -0.975. The van der Waals surface area contributed by atoms with Gasteiger partial charge in [0.1, 0.15) is 11.6 Å². The van der Waals surface area contributed by atoms with Crippen LogP contribution >= 0.6 is 11.3 Å². The van der Waals surface area contributed by atoms with Crippen molar-refractivity contribution in [1.82, 2.24) is 10.9 Å². The number of ether oxygens (including phenoxy) is 1. The van der Waals surface area contributed by atoms with Crippen molar-refractivity contribution in [3.63, 3.8) is 0 Å². The van der Waals surface area contributed by atoms with E-state index in [4.69, 9.17) is 4.74 Å². The summed E-state index contributed by atoms with van der Waals surface area (Å²) in [5.41, 5.74) is 6.10. The van der Waals surface area contributed by atoms with Crippen LogP contribution in [0.1, 0.15) is 16.6 Å². The Morgan fingerprint density at radius 3 is 2.52 bits per heavy atom. The van der Waals surface area contributed by atoms with E-state index in [1.807, 2.05) is 0 Å². The molecule has 158 valence electrons. The van der Waals surface area contributed by atoms with Crippen molar-refractivity contribution in [2.45, 2.75) is 13.0 Å². The predicted octanol–water partition coefficient (Wildman–Crippen LogP) is 3.13. The van der Waals surface area contributed by atoms with Gasteiger partial charge in [-0.1, -0.05) is 24.3 Å². The van der Waals surface area contributed by atoms with E-state index in [0.29, 0.717) is 16.3 Å². The highest BCUT2D eigenvalue weighted by atomic mass is 32.1. The average molecular weight is 439 g/mol. The van der Waals surface area contributed by atoms with Crippen molar-refractivity contribution >= 4 is 34.7 Å². The first-order valence-corrected chi connectivity index (χ1v) is 10.2. The Bertz CT molecular complexity index is 1150. The molecule has 2 aromatic carbocycles. The molecule has 1 aromatic heterocycles. The summed E-state index contributed by atoms with van der Waals surface area (Å²) in [6, 6.07) is 16.3. The number of anilines is 1. The second kappa shape index (κ2) is 8.57. The predicted molar refractivity (Wildman–Crippen MR) is 114 cm³/mol. The van der Waals surface area contributed by atoms with Crippen LogP contribution in [0.4, 0.5) is 10.1 Å². The first kappa shape index (κ1) is 20.5. The zero-order valence-electron chi connectivity index (χ0n) is 16.4. The highest BCUT2D eigenvalue weighted by molar-refractivity contribution is 7.17. The second-order valence-corrected chi connectivity index (χ2v) is 7.90. The summed E-state index contributed by atoms with van der Waals surface area (Å²) >= 11 is 1.21. The van der Waals surface area contributed by atoms with E-state index in [1.165, 1.54) is 35.3 Å². The van der Waals surface area contributed by atoms with Gasteiger partial charge in [-0.2, -0.15) is 0 Å². The van der Waals surface area contributed by atoms with Crippen LogP contribution in [0.5, 0.6) is 5.75 Å². The maximum absolute atomic E-state index is 13.1. The Kier molecular flexibility index (Phi) is 5.68. The van der Waals surface area contributed by atoms with Crippen molar-refractivity contribution in [2.75, 3.05) is 11.4 Å². The molecule has 3 amide bonds. The minimum Gasteiger partial charge on any atom is -0.476 e. The summed E-state index contributed by atoms with van der Waals surface area (Å²) < 4.78 is 18.8. The lowest BCUT2D eigenvalue weighted by Crippen LogP contribution is -2.54. The Labute approximate surface area is 181 Å². The Morgan fingerprint density at radius 1 is 1.03 bits per heavy atom. The number of hydrazine groups is 1. The Balaban J connectivity index is 1.39. The molecule has 0 aliphatic carbocycles. The number of para-hydroxylation sites is 2. The highest BCUT2D eigenvalue weighted by Crippen LogP contribution is 2.33. The zero-order chi connectivity index (χ0) is 22.0. The lowest BCUT2D eigenvalue weighted by atomic mass is 10.2. The quantitative estimate of drug-likeness (QED) is 0.614. The summed E-state index contributed by atoms with van der Waals surface area (Å²) in [4.78, 5) is 39.6. The first-order chi connectivity index (χ1) is 14.9. The van der Waals surface area contributed by atoms with Gasteiger partial charge < -0.3 is 9.64 Å². The molecule has 0 radical (unpaired) electrons. The summed E-state index contributed by atoms with van der Waals surface area (Å²) in [6.45, 7) is 1.44. The lowest BCUT2D eigenvalue weighted by molar-refractivity contribution is -0.129. The number of benzene rings is 2. The van der Waals surface area contributed by atoms with Crippen LogP contribution in [0.25, 0.3) is 10.4 Å². The number of thiophene rings is 1. The number of rotatable bonds is 3. The number of fused-ring (bicyclic) bond motifs is 1. The SMILES string of the molecule is CC(=O)N1CC(C(=O)NNC(=O)c2ccc(-c3ccc(F)cc3)s2)Oc2ccccc21. The van der Waals surface area contributed by atoms with E-state index in [0.717, 1.165) is 10.4 Å². The maximum Gasteiger partial charge on any atom is 0.281 e. The molecule has 1 aliphatic rings. The molecule has 0 fully saturated rings. The number of nitrogens with one attached hydrogen (secondary N) is 2. The third-order valence-electron chi connectivity index (χ3n) is 4.70. The average Bonchev–Trinajstić information content (AvgIpc) is 3.27. The van der Waals surface area contributed by atoms with Crippen LogP contribution in [0.15, 0.2) is 60.7 Å². The fraction of sp³-hybridized carbons (Fsp3) is 0.136. The monoisotopic (exact) mass is 439 g/mol. The first-order valence-electron chi connectivity index (χ1n) is 9.42. The molecular formula is C22H18FN3O4S. The molecule has 0 saturated heterocycles. The van der Waals surface area contributed by atoms with Gasteiger partial charge in [-0.15, -0.1) is 11.3 Å². The number of hydrogen-bond donors (Lipinski definition) is 2. The third-order valence-corrected chi connectivity index (χ3v) is 5.84. The molecule has 7 nitrogen and oxygen atoms in total. The van der Waals surface area contributed by atoms with Crippen LogP contribution in [0.2, 0.25) is 0 Å². The largest absolute Gasteiger partial charge is 0.476 e. The van der Waals surface area contributed by atoms with Crippen molar-refractivity contribution in [3.05, 3.63) is 71.4 Å². The summed E-state index contributed by atoms with van der Waals surface area (Å²) in [5.74, 6) is -1.21. The molecular weight excluding hydrogens is 421 g/mol. The lowest BCUT2D eigenvalue weighted by Gasteiger charge is -2.33. The molecule has 3 aromatic rings. The van der Waals surface area contributed by atoms with E-state index in [2.05, 4.69) is 10.9 Å². The molecule has 1 atom stereocenters. The highest BCUT2D eigenvalue weighted by Gasteiger charge is 2.32. The molecule has 1 unspecified atom stereocenters. The topological polar surface area (TPSA) is 87.7 Å². The molecule has 2 heterocycles. The maximum atomic E-state index is 13.1. The van der Waals surface area contributed by atoms with Crippen LogP contribution in [-0.2, 0) is 9.59 Å². The fourth-order valence-electron chi connectivity index (χ4n) is 3.16. The van der Waals surface area contributed by atoms with Crippen LogP contribution in [0.3, 0.4) is 0 Å². The second-order valence-electron chi connectivity index (χ2n) is 6.82. The van der Waals surface area contributed by atoms with E-state index < -0.39 is 17.9 Å². The van der Waals surface area contributed by atoms with Gasteiger partial charge >= 0.3 is 0 Å². The van der Waals surface area contributed by atoms with E-state index in [9.17, 15) is 18.8 Å². The van der Waals surface area contributed by atoms with Crippen molar-refractivity contribution in [2.24, 2.45) is 0 Å². The molecule has 0 bridgehead atoms. The molecule has 0 spiro atoms. The zero-order valence-corrected chi connectivity index (χ0v) is 17.2. The smallest absolute Gasteiger partial charge is 0.281 e. The molecule has 9 heteroatoms. The van der Waals surface area contributed by atoms with Crippen LogP contribution in [0, 0.1) is 5.82 Å². The number of hydrogen-bond acceptors (Lipinski definition) is 5. The molecule has 4 rings (SSSR count).